The molecule has 292 valence electrons. The number of anilines is 4. The number of fused-ring (bicyclic) bond motifs is 2. The van der Waals surface area contributed by atoms with Crippen LogP contribution in [0.4, 0.5) is 31.8 Å². The standard InChI is InChI=1S/C20H14ClFN4O.C14H8BrClFN3.C7H9BO3/c1-27-19-7-3-13(10-23-19)12-2-6-18-15(8-12)20(25-11-24-18)26-14-4-5-17(22)16(21)9-14;15-8-1-4-13-10(5-8)14(19-7-18-13)20-9-2-3-12(17)11(16)6-9;1-11-7-4-2-6(3-5-7)8(9)10/h2-11H,1H3,(H,24,25,26);1-7H,(H,18,19,20);2-5,9-10H,1H3. The van der Waals surface area contributed by atoms with Gasteiger partial charge in [-0.05, 0) is 96.0 Å². The van der Waals surface area contributed by atoms with Crippen molar-refractivity contribution in [3.63, 3.8) is 0 Å². The lowest BCUT2D eigenvalue weighted by molar-refractivity contribution is 0.398. The Bertz CT molecular complexity index is 2670. The number of hydrogen-bond donors (Lipinski definition) is 4. The lowest BCUT2D eigenvalue weighted by Gasteiger charge is -2.10. The van der Waals surface area contributed by atoms with Gasteiger partial charge in [0.15, 0.2) is 0 Å². The summed E-state index contributed by atoms with van der Waals surface area (Å²) >= 11 is 15.1. The second kappa shape index (κ2) is 19.5. The van der Waals surface area contributed by atoms with Crippen molar-refractivity contribution in [3.8, 4) is 22.8 Å². The van der Waals surface area contributed by atoms with Gasteiger partial charge in [0.05, 0.1) is 35.3 Å². The van der Waals surface area contributed by atoms with Crippen LogP contribution in [0, 0.1) is 11.6 Å². The summed E-state index contributed by atoms with van der Waals surface area (Å²) in [6.07, 6.45) is 4.70. The van der Waals surface area contributed by atoms with Gasteiger partial charge in [0.1, 0.15) is 41.7 Å². The van der Waals surface area contributed by atoms with E-state index in [0.29, 0.717) is 40.1 Å². The van der Waals surface area contributed by atoms with Crippen molar-refractivity contribution in [1.82, 2.24) is 24.9 Å². The molecule has 3 aromatic heterocycles. The molecule has 11 nitrogen and oxygen atoms in total. The van der Waals surface area contributed by atoms with Crippen LogP contribution in [0.25, 0.3) is 32.9 Å². The fraction of sp³-hybridized carbons (Fsp3) is 0.0488. The highest BCUT2D eigenvalue weighted by atomic mass is 79.9. The zero-order valence-electron chi connectivity index (χ0n) is 30.5. The second-order valence-corrected chi connectivity index (χ2v) is 13.8. The van der Waals surface area contributed by atoms with E-state index in [1.54, 1.807) is 62.9 Å². The first-order valence-corrected chi connectivity index (χ1v) is 18.7. The number of rotatable bonds is 8. The Morgan fingerprint density at radius 2 is 1.16 bits per heavy atom. The van der Waals surface area contributed by atoms with Crippen LogP contribution in [0.2, 0.25) is 10.0 Å². The molecular formula is C41H31BBrCl2F2N7O4. The lowest BCUT2D eigenvalue weighted by atomic mass is 9.80. The molecule has 0 spiro atoms. The first-order chi connectivity index (χ1) is 28.0. The molecule has 0 saturated heterocycles. The molecule has 0 aliphatic heterocycles. The number of ether oxygens (including phenoxy) is 2. The van der Waals surface area contributed by atoms with E-state index < -0.39 is 18.8 Å². The maximum Gasteiger partial charge on any atom is 0.488 e. The predicted molar refractivity (Wildman–Crippen MR) is 229 cm³/mol. The highest BCUT2D eigenvalue weighted by Gasteiger charge is 2.11. The second-order valence-electron chi connectivity index (χ2n) is 12.1. The third-order valence-electron chi connectivity index (χ3n) is 8.29. The number of benzene rings is 5. The van der Waals surface area contributed by atoms with Crippen LogP contribution in [0.1, 0.15) is 0 Å². The van der Waals surface area contributed by atoms with Gasteiger partial charge in [-0.15, -0.1) is 0 Å². The molecule has 17 heteroatoms. The van der Waals surface area contributed by atoms with E-state index in [1.165, 1.54) is 36.9 Å². The number of nitrogens with one attached hydrogen (secondary N) is 2. The molecule has 8 aromatic rings. The Morgan fingerprint density at radius 3 is 1.66 bits per heavy atom. The molecule has 0 radical (unpaired) electrons. The summed E-state index contributed by atoms with van der Waals surface area (Å²) in [4.78, 5) is 21.3. The SMILES string of the molecule is COc1ccc(-c2ccc3ncnc(Nc4ccc(F)c(Cl)c4)c3c2)cn1.COc1ccc(B(O)O)cc1.Fc1ccc(Nc2ncnc3ccc(Br)cc23)cc1Cl. The van der Waals surface area contributed by atoms with Gasteiger partial charge in [-0.1, -0.05) is 57.3 Å². The van der Waals surface area contributed by atoms with Crippen LogP contribution in [-0.4, -0.2) is 56.3 Å². The monoisotopic (exact) mass is 883 g/mol. The fourth-order valence-electron chi connectivity index (χ4n) is 5.33. The summed E-state index contributed by atoms with van der Waals surface area (Å²) in [6.45, 7) is 0. The highest BCUT2D eigenvalue weighted by molar-refractivity contribution is 9.10. The average Bonchev–Trinajstić information content (AvgIpc) is 3.24. The molecule has 5 aromatic carbocycles. The van der Waals surface area contributed by atoms with Crippen molar-refractivity contribution in [2.24, 2.45) is 0 Å². The summed E-state index contributed by atoms with van der Waals surface area (Å²) < 4.78 is 37.5. The van der Waals surface area contributed by atoms with Crippen molar-refractivity contribution in [2.45, 2.75) is 0 Å². The molecular weight excluding hydrogens is 854 g/mol. The molecule has 0 atom stereocenters. The number of pyridine rings is 1. The van der Waals surface area contributed by atoms with Gasteiger partial charge in [0.25, 0.3) is 0 Å². The molecule has 8 rings (SSSR count). The Hall–Kier alpha value is -5.97. The zero-order chi connectivity index (χ0) is 41.2. The fourth-order valence-corrected chi connectivity index (χ4v) is 6.06. The van der Waals surface area contributed by atoms with E-state index in [1.807, 2.05) is 42.5 Å². The molecule has 0 saturated carbocycles. The molecule has 0 aliphatic rings. The summed E-state index contributed by atoms with van der Waals surface area (Å²) in [5, 5.41) is 25.5. The normalized spacial score (nSPS) is 10.5. The molecule has 58 heavy (non-hydrogen) atoms. The van der Waals surface area contributed by atoms with Gasteiger partial charge in [-0.3, -0.25) is 0 Å². The Morgan fingerprint density at radius 1 is 0.603 bits per heavy atom. The Labute approximate surface area is 350 Å². The van der Waals surface area contributed by atoms with Crippen molar-refractivity contribution in [1.29, 1.82) is 0 Å². The van der Waals surface area contributed by atoms with Gasteiger partial charge >= 0.3 is 7.12 Å². The van der Waals surface area contributed by atoms with E-state index in [0.717, 1.165) is 37.4 Å². The Kier molecular flexibility index (Phi) is 14.0. The van der Waals surface area contributed by atoms with E-state index >= 15 is 0 Å². The van der Waals surface area contributed by atoms with E-state index in [9.17, 15) is 8.78 Å². The minimum Gasteiger partial charge on any atom is -0.497 e. The Balaban J connectivity index is 0.000000160. The summed E-state index contributed by atoms with van der Waals surface area (Å²) in [7, 11) is 1.74. The van der Waals surface area contributed by atoms with Crippen LogP contribution < -0.4 is 25.6 Å². The molecule has 4 N–H and O–H groups in total. The van der Waals surface area contributed by atoms with Crippen LogP contribution in [0.3, 0.4) is 0 Å². The van der Waals surface area contributed by atoms with Crippen molar-refractivity contribution in [2.75, 3.05) is 24.9 Å². The molecule has 0 unspecified atom stereocenters. The third-order valence-corrected chi connectivity index (χ3v) is 9.36. The van der Waals surface area contributed by atoms with Gasteiger partial charge in [0, 0.05) is 44.4 Å². The quantitative estimate of drug-likeness (QED) is 0.108. The molecule has 0 aliphatic carbocycles. The van der Waals surface area contributed by atoms with E-state index in [4.69, 9.17) is 42.7 Å². The average molecular weight is 885 g/mol. The smallest absolute Gasteiger partial charge is 0.488 e. The molecule has 0 bridgehead atoms. The van der Waals surface area contributed by atoms with E-state index in [2.05, 4.69) is 51.5 Å². The predicted octanol–water partition coefficient (Wildman–Crippen LogP) is 9.54. The minimum atomic E-state index is -1.40. The van der Waals surface area contributed by atoms with Crippen LogP contribution in [-0.2, 0) is 0 Å². The number of methoxy groups -OCH3 is 2. The maximum atomic E-state index is 13.4. The highest BCUT2D eigenvalue weighted by Crippen LogP contribution is 2.31. The summed E-state index contributed by atoms with van der Waals surface area (Å²) in [5.41, 5.74) is 5.27. The summed E-state index contributed by atoms with van der Waals surface area (Å²) in [5.74, 6) is 1.58. The summed E-state index contributed by atoms with van der Waals surface area (Å²) in [6, 6.07) is 30.7. The molecule has 0 fully saturated rings. The number of nitrogens with zero attached hydrogens (tertiary/aromatic N) is 5. The topological polar surface area (TPSA) is 147 Å². The molecule has 3 heterocycles. The van der Waals surface area contributed by atoms with Crippen molar-refractivity contribution < 1.29 is 28.3 Å². The number of aromatic nitrogens is 5. The van der Waals surface area contributed by atoms with E-state index in [-0.39, 0.29) is 10.0 Å². The number of halogens is 5. The van der Waals surface area contributed by atoms with Crippen LogP contribution in [0.5, 0.6) is 11.6 Å². The minimum absolute atomic E-state index is 0.0448. The van der Waals surface area contributed by atoms with Gasteiger partial charge in [0.2, 0.25) is 5.88 Å². The third kappa shape index (κ3) is 10.7. The van der Waals surface area contributed by atoms with Crippen molar-refractivity contribution in [3.05, 3.63) is 154 Å². The zero-order valence-corrected chi connectivity index (χ0v) is 33.6. The molecule has 0 amide bonds. The first-order valence-electron chi connectivity index (χ1n) is 17.1. The maximum absolute atomic E-state index is 13.4. The largest absolute Gasteiger partial charge is 0.497 e. The number of hydrogen-bond acceptors (Lipinski definition) is 11. The van der Waals surface area contributed by atoms with Crippen LogP contribution in [0.15, 0.2) is 133 Å². The van der Waals surface area contributed by atoms with Crippen LogP contribution >= 0.6 is 39.1 Å². The first kappa shape index (κ1) is 41.7. The van der Waals surface area contributed by atoms with Gasteiger partial charge in [-0.25, -0.2) is 33.7 Å². The lowest BCUT2D eigenvalue weighted by Crippen LogP contribution is -2.29. The van der Waals surface area contributed by atoms with Gasteiger partial charge in [-0.2, -0.15) is 0 Å². The van der Waals surface area contributed by atoms with Crippen molar-refractivity contribution >= 4 is 96.5 Å². The van der Waals surface area contributed by atoms with Gasteiger partial charge < -0.3 is 30.2 Å².